The van der Waals surface area contributed by atoms with Gasteiger partial charge in [0.2, 0.25) is 0 Å². The van der Waals surface area contributed by atoms with Gasteiger partial charge in [0.1, 0.15) is 11.3 Å². The summed E-state index contributed by atoms with van der Waals surface area (Å²) in [6.07, 6.45) is 0. The molecule has 5 heteroatoms. The van der Waals surface area contributed by atoms with Gasteiger partial charge in [-0.3, -0.25) is 4.90 Å². The fourth-order valence-electron chi connectivity index (χ4n) is 2.85. The van der Waals surface area contributed by atoms with E-state index in [1.807, 2.05) is 12.1 Å². The number of nitrogens with zero attached hydrogens (tertiary/aromatic N) is 3. The fraction of sp³-hybridized carbons (Fsp3) is 0.562. The Morgan fingerprint density at radius 1 is 1.29 bits per heavy atom. The second-order valence-corrected chi connectivity index (χ2v) is 5.77. The van der Waals surface area contributed by atoms with Crippen LogP contribution in [-0.4, -0.2) is 48.1 Å². The highest BCUT2D eigenvalue weighted by Crippen LogP contribution is 2.31. The summed E-state index contributed by atoms with van der Waals surface area (Å²) in [5.74, 6) is 1.28. The Morgan fingerprint density at radius 2 is 2.05 bits per heavy atom. The van der Waals surface area contributed by atoms with E-state index in [0.29, 0.717) is 5.92 Å². The number of hydrogen-bond acceptors (Lipinski definition) is 4. The van der Waals surface area contributed by atoms with E-state index < -0.39 is 0 Å². The van der Waals surface area contributed by atoms with Gasteiger partial charge < -0.3 is 9.47 Å². The number of morpholine rings is 1. The van der Waals surface area contributed by atoms with Crippen LogP contribution >= 0.6 is 0 Å². The normalized spacial score (nSPS) is 16.8. The van der Waals surface area contributed by atoms with Crippen LogP contribution in [0.2, 0.25) is 0 Å². The number of benzene rings is 1. The molecule has 1 fully saturated rings. The molecule has 0 unspecified atom stereocenters. The third-order valence-corrected chi connectivity index (χ3v) is 3.97. The fourth-order valence-corrected chi connectivity index (χ4v) is 2.85. The van der Waals surface area contributed by atoms with Gasteiger partial charge in [-0.25, -0.2) is 4.68 Å². The van der Waals surface area contributed by atoms with Gasteiger partial charge in [0.25, 0.3) is 0 Å². The molecule has 1 aliphatic heterocycles. The maximum Gasteiger partial charge on any atom is 0.144 e. The summed E-state index contributed by atoms with van der Waals surface area (Å²) in [6, 6.07) is 6.17. The van der Waals surface area contributed by atoms with E-state index in [-0.39, 0.29) is 0 Å². The SMILES string of the molecule is COc1cccc2c(C(C)C)nn(CN3CCOCC3)c12. The van der Waals surface area contributed by atoms with Crippen molar-refractivity contribution in [1.29, 1.82) is 0 Å². The van der Waals surface area contributed by atoms with Crippen LogP contribution < -0.4 is 4.74 Å². The first-order valence-electron chi connectivity index (χ1n) is 7.54. The van der Waals surface area contributed by atoms with Crippen LogP contribution in [0.1, 0.15) is 25.5 Å². The van der Waals surface area contributed by atoms with E-state index >= 15 is 0 Å². The maximum atomic E-state index is 5.55. The second-order valence-electron chi connectivity index (χ2n) is 5.77. The number of para-hydroxylation sites is 1. The van der Waals surface area contributed by atoms with E-state index in [2.05, 4.69) is 29.5 Å². The van der Waals surface area contributed by atoms with Gasteiger partial charge in [0.05, 0.1) is 32.7 Å². The van der Waals surface area contributed by atoms with Crippen LogP contribution in [-0.2, 0) is 11.4 Å². The highest BCUT2D eigenvalue weighted by atomic mass is 16.5. The molecule has 1 aromatic heterocycles. The van der Waals surface area contributed by atoms with Crippen molar-refractivity contribution >= 4 is 10.9 Å². The van der Waals surface area contributed by atoms with Crippen molar-refractivity contribution in [3.63, 3.8) is 0 Å². The summed E-state index contributed by atoms with van der Waals surface area (Å²) >= 11 is 0. The summed E-state index contributed by atoms with van der Waals surface area (Å²) in [7, 11) is 1.72. The van der Waals surface area contributed by atoms with Crippen molar-refractivity contribution in [1.82, 2.24) is 14.7 Å². The molecule has 5 nitrogen and oxygen atoms in total. The number of aromatic nitrogens is 2. The molecule has 21 heavy (non-hydrogen) atoms. The van der Waals surface area contributed by atoms with Gasteiger partial charge in [-0.05, 0) is 12.0 Å². The molecule has 0 atom stereocenters. The lowest BCUT2D eigenvalue weighted by molar-refractivity contribution is 0.0220. The zero-order valence-electron chi connectivity index (χ0n) is 13.0. The zero-order valence-corrected chi connectivity index (χ0v) is 13.0. The molecule has 0 amide bonds. The minimum Gasteiger partial charge on any atom is -0.494 e. The number of ether oxygens (including phenoxy) is 2. The number of methoxy groups -OCH3 is 1. The van der Waals surface area contributed by atoms with E-state index in [1.165, 1.54) is 5.39 Å². The van der Waals surface area contributed by atoms with E-state index in [1.54, 1.807) is 7.11 Å². The summed E-state index contributed by atoms with van der Waals surface area (Å²) in [6.45, 7) is 8.65. The lowest BCUT2D eigenvalue weighted by Crippen LogP contribution is -2.37. The van der Waals surface area contributed by atoms with Crippen LogP contribution in [0.5, 0.6) is 5.75 Å². The molecule has 0 aliphatic carbocycles. The molecule has 0 N–H and O–H groups in total. The Balaban J connectivity index is 2.03. The molecule has 0 bridgehead atoms. The van der Waals surface area contributed by atoms with Crippen molar-refractivity contribution in [2.24, 2.45) is 0 Å². The lowest BCUT2D eigenvalue weighted by atomic mass is 10.1. The Hall–Kier alpha value is -1.59. The molecule has 2 aromatic rings. The number of fused-ring (bicyclic) bond motifs is 1. The van der Waals surface area contributed by atoms with Crippen LogP contribution in [0.3, 0.4) is 0 Å². The molecule has 1 aliphatic rings. The smallest absolute Gasteiger partial charge is 0.144 e. The van der Waals surface area contributed by atoms with Crippen LogP contribution in [0.4, 0.5) is 0 Å². The lowest BCUT2D eigenvalue weighted by Gasteiger charge is -2.26. The minimum atomic E-state index is 0.394. The first-order chi connectivity index (χ1) is 10.2. The average molecular weight is 289 g/mol. The minimum absolute atomic E-state index is 0.394. The van der Waals surface area contributed by atoms with Gasteiger partial charge in [0.15, 0.2) is 0 Å². The van der Waals surface area contributed by atoms with E-state index in [9.17, 15) is 0 Å². The monoisotopic (exact) mass is 289 g/mol. The van der Waals surface area contributed by atoms with Gasteiger partial charge >= 0.3 is 0 Å². The van der Waals surface area contributed by atoms with Crippen molar-refractivity contribution < 1.29 is 9.47 Å². The zero-order chi connectivity index (χ0) is 14.8. The summed E-state index contributed by atoms with van der Waals surface area (Å²) in [5.41, 5.74) is 2.23. The second kappa shape index (κ2) is 6.03. The highest BCUT2D eigenvalue weighted by molar-refractivity contribution is 5.87. The molecule has 0 radical (unpaired) electrons. The van der Waals surface area contributed by atoms with Gasteiger partial charge in [-0.2, -0.15) is 5.10 Å². The molecule has 3 rings (SSSR count). The van der Waals surface area contributed by atoms with Crippen LogP contribution in [0.25, 0.3) is 10.9 Å². The molecule has 114 valence electrons. The number of rotatable bonds is 4. The Bertz CT molecular complexity index is 615. The Labute approximate surface area is 125 Å². The van der Waals surface area contributed by atoms with E-state index in [4.69, 9.17) is 14.6 Å². The van der Waals surface area contributed by atoms with E-state index in [0.717, 1.165) is 49.9 Å². The highest BCUT2D eigenvalue weighted by Gasteiger charge is 2.19. The molecule has 1 saturated heterocycles. The van der Waals surface area contributed by atoms with Crippen LogP contribution in [0, 0.1) is 0 Å². The quantitative estimate of drug-likeness (QED) is 0.867. The predicted molar refractivity (Wildman–Crippen MR) is 82.8 cm³/mol. The molecule has 1 aromatic carbocycles. The predicted octanol–water partition coefficient (Wildman–Crippen LogP) is 2.46. The third-order valence-electron chi connectivity index (χ3n) is 3.97. The van der Waals surface area contributed by atoms with Gasteiger partial charge in [0, 0.05) is 18.5 Å². The summed E-state index contributed by atoms with van der Waals surface area (Å²) in [4.78, 5) is 2.37. The Kier molecular flexibility index (Phi) is 4.12. The molecular weight excluding hydrogens is 266 g/mol. The first kappa shape index (κ1) is 14.4. The summed E-state index contributed by atoms with van der Waals surface area (Å²) < 4.78 is 13.0. The number of hydrogen-bond donors (Lipinski definition) is 0. The van der Waals surface area contributed by atoms with Crippen molar-refractivity contribution in [2.75, 3.05) is 33.4 Å². The standard InChI is InChI=1S/C16H23N3O2/c1-12(2)15-13-5-4-6-14(20-3)16(13)19(17-15)11-18-7-9-21-10-8-18/h4-6,12H,7-11H2,1-3H3. The van der Waals surface area contributed by atoms with Crippen molar-refractivity contribution in [3.05, 3.63) is 23.9 Å². The maximum absolute atomic E-state index is 5.55. The van der Waals surface area contributed by atoms with Gasteiger partial charge in [-0.15, -0.1) is 0 Å². The molecular formula is C16H23N3O2. The topological polar surface area (TPSA) is 39.5 Å². The van der Waals surface area contributed by atoms with Gasteiger partial charge in [-0.1, -0.05) is 26.0 Å². The van der Waals surface area contributed by atoms with Crippen molar-refractivity contribution in [2.45, 2.75) is 26.4 Å². The molecule has 0 spiro atoms. The third kappa shape index (κ3) is 2.76. The first-order valence-corrected chi connectivity index (χ1v) is 7.54. The molecule has 0 saturated carbocycles. The van der Waals surface area contributed by atoms with Crippen LogP contribution in [0.15, 0.2) is 18.2 Å². The van der Waals surface area contributed by atoms with Crippen molar-refractivity contribution in [3.8, 4) is 5.75 Å². The summed E-state index contributed by atoms with van der Waals surface area (Å²) in [5, 5.41) is 6.04. The molecule has 2 heterocycles. The Morgan fingerprint density at radius 3 is 2.71 bits per heavy atom. The largest absolute Gasteiger partial charge is 0.494 e. The average Bonchev–Trinajstić information content (AvgIpc) is 2.87.